The molecule has 3 nitrogen and oxygen atoms in total. The molecule has 0 aliphatic carbocycles. The maximum absolute atomic E-state index is 13.1. The SMILES string of the molecule is C[C@H](Sc1ccc(F)c(Cl)c1)C(=O)Nc1ccc(C#N)cc1. The average molecular weight is 335 g/mol. The number of nitrogens with zero attached hydrogens (tertiary/aromatic N) is 1. The summed E-state index contributed by atoms with van der Waals surface area (Å²) in [4.78, 5) is 12.8. The zero-order valence-corrected chi connectivity index (χ0v) is 13.2. The molecule has 0 bridgehead atoms. The first-order valence-corrected chi connectivity index (χ1v) is 7.68. The maximum atomic E-state index is 13.1. The Hall–Kier alpha value is -2.03. The summed E-state index contributed by atoms with van der Waals surface area (Å²) in [6.45, 7) is 1.75. The van der Waals surface area contributed by atoms with Gasteiger partial charge in [0, 0.05) is 10.6 Å². The van der Waals surface area contributed by atoms with Gasteiger partial charge in [-0.25, -0.2) is 4.39 Å². The molecule has 0 saturated heterocycles. The quantitative estimate of drug-likeness (QED) is 0.839. The van der Waals surface area contributed by atoms with Crippen molar-refractivity contribution in [1.82, 2.24) is 0 Å². The zero-order valence-electron chi connectivity index (χ0n) is 11.6. The van der Waals surface area contributed by atoms with E-state index in [0.29, 0.717) is 16.1 Å². The fraction of sp³-hybridized carbons (Fsp3) is 0.125. The van der Waals surface area contributed by atoms with Crippen molar-refractivity contribution >= 4 is 35.0 Å². The predicted molar refractivity (Wildman–Crippen MR) is 86.5 cm³/mol. The molecule has 6 heteroatoms. The van der Waals surface area contributed by atoms with Gasteiger partial charge in [-0.2, -0.15) is 5.26 Å². The van der Waals surface area contributed by atoms with Crippen LogP contribution in [-0.4, -0.2) is 11.2 Å². The second kappa shape index (κ2) is 7.30. The van der Waals surface area contributed by atoms with Crippen LogP contribution in [0, 0.1) is 17.1 Å². The normalized spacial score (nSPS) is 11.5. The van der Waals surface area contributed by atoms with E-state index in [1.807, 2.05) is 6.07 Å². The van der Waals surface area contributed by atoms with Gasteiger partial charge in [0.05, 0.1) is 21.9 Å². The number of anilines is 1. The number of nitrogens with one attached hydrogen (secondary N) is 1. The van der Waals surface area contributed by atoms with E-state index in [2.05, 4.69) is 5.32 Å². The molecule has 2 aromatic carbocycles. The molecular formula is C16H12ClFN2OS. The molecule has 22 heavy (non-hydrogen) atoms. The minimum atomic E-state index is -0.485. The second-order valence-electron chi connectivity index (χ2n) is 4.51. The molecule has 1 atom stereocenters. The molecule has 1 N–H and O–H groups in total. The molecule has 0 radical (unpaired) electrons. The number of halogens is 2. The molecule has 0 fully saturated rings. The van der Waals surface area contributed by atoms with Gasteiger partial charge in [-0.05, 0) is 49.4 Å². The summed E-state index contributed by atoms with van der Waals surface area (Å²) in [6.07, 6.45) is 0. The van der Waals surface area contributed by atoms with E-state index < -0.39 is 5.82 Å². The van der Waals surface area contributed by atoms with Crippen molar-refractivity contribution in [2.75, 3.05) is 5.32 Å². The lowest BCUT2D eigenvalue weighted by molar-refractivity contribution is -0.115. The molecule has 1 amide bonds. The van der Waals surface area contributed by atoms with Gasteiger partial charge in [-0.3, -0.25) is 4.79 Å². The minimum absolute atomic E-state index is 0.0321. The number of benzene rings is 2. The first-order valence-electron chi connectivity index (χ1n) is 6.42. The molecule has 0 spiro atoms. The summed E-state index contributed by atoms with van der Waals surface area (Å²) < 4.78 is 13.1. The topological polar surface area (TPSA) is 52.9 Å². The Morgan fingerprint density at radius 2 is 2.00 bits per heavy atom. The van der Waals surface area contributed by atoms with E-state index in [4.69, 9.17) is 16.9 Å². The van der Waals surface area contributed by atoms with Crippen LogP contribution in [0.25, 0.3) is 0 Å². The molecule has 112 valence electrons. The van der Waals surface area contributed by atoms with Crippen molar-refractivity contribution in [3.8, 4) is 6.07 Å². The Balaban J connectivity index is 1.99. The first-order chi connectivity index (χ1) is 10.5. The van der Waals surface area contributed by atoms with Crippen molar-refractivity contribution < 1.29 is 9.18 Å². The van der Waals surface area contributed by atoms with Crippen LogP contribution in [0.15, 0.2) is 47.4 Å². The van der Waals surface area contributed by atoms with Gasteiger partial charge in [-0.15, -0.1) is 11.8 Å². The minimum Gasteiger partial charge on any atom is -0.325 e. The van der Waals surface area contributed by atoms with Crippen LogP contribution in [-0.2, 0) is 4.79 Å². The third-order valence-electron chi connectivity index (χ3n) is 2.85. The Morgan fingerprint density at radius 1 is 1.32 bits per heavy atom. The second-order valence-corrected chi connectivity index (χ2v) is 6.34. The van der Waals surface area contributed by atoms with Crippen molar-refractivity contribution in [2.45, 2.75) is 17.1 Å². The largest absolute Gasteiger partial charge is 0.325 e. The number of amides is 1. The molecule has 2 rings (SSSR count). The van der Waals surface area contributed by atoms with Crippen molar-refractivity contribution in [3.63, 3.8) is 0 Å². The van der Waals surface area contributed by atoms with Crippen LogP contribution in [0.2, 0.25) is 5.02 Å². The van der Waals surface area contributed by atoms with Crippen molar-refractivity contribution in [1.29, 1.82) is 5.26 Å². The van der Waals surface area contributed by atoms with Crippen LogP contribution in [0.3, 0.4) is 0 Å². The highest BCUT2D eigenvalue weighted by atomic mass is 35.5. The molecule has 2 aromatic rings. The maximum Gasteiger partial charge on any atom is 0.237 e. The fourth-order valence-corrected chi connectivity index (χ4v) is 2.83. The van der Waals surface area contributed by atoms with Crippen LogP contribution in [0.5, 0.6) is 0 Å². The number of carbonyl (C=O) groups is 1. The van der Waals surface area contributed by atoms with Gasteiger partial charge >= 0.3 is 0 Å². The number of carbonyl (C=O) groups excluding carboxylic acids is 1. The monoisotopic (exact) mass is 334 g/mol. The highest BCUT2D eigenvalue weighted by Gasteiger charge is 2.15. The van der Waals surface area contributed by atoms with Gasteiger partial charge in [-0.1, -0.05) is 11.6 Å². The molecule has 0 aliphatic heterocycles. The lowest BCUT2D eigenvalue weighted by atomic mass is 10.2. The van der Waals surface area contributed by atoms with Crippen LogP contribution in [0.1, 0.15) is 12.5 Å². The summed E-state index contributed by atoms with van der Waals surface area (Å²) >= 11 is 7.01. The van der Waals surface area contributed by atoms with E-state index in [1.165, 1.54) is 23.9 Å². The van der Waals surface area contributed by atoms with E-state index in [1.54, 1.807) is 37.3 Å². The van der Waals surface area contributed by atoms with E-state index >= 15 is 0 Å². The van der Waals surface area contributed by atoms with Gasteiger partial charge in [0.25, 0.3) is 0 Å². The third-order valence-corrected chi connectivity index (χ3v) is 4.24. The van der Waals surface area contributed by atoms with Crippen molar-refractivity contribution in [3.05, 3.63) is 58.9 Å². The van der Waals surface area contributed by atoms with Crippen molar-refractivity contribution in [2.24, 2.45) is 0 Å². The third kappa shape index (κ3) is 4.23. The van der Waals surface area contributed by atoms with Gasteiger partial charge in [0.2, 0.25) is 5.91 Å². The molecule has 0 aromatic heterocycles. The highest BCUT2D eigenvalue weighted by Crippen LogP contribution is 2.28. The Labute approximate surface area is 137 Å². The number of hydrogen-bond donors (Lipinski definition) is 1. The molecule has 0 aliphatic rings. The van der Waals surface area contributed by atoms with Gasteiger partial charge in [0.1, 0.15) is 5.82 Å². The lowest BCUT2D eigenvalue weighted by Crippen LogP contribution is -2.22. The van der Waals surface area contributed by atoms with E-state index in [0.717, 1.165) is 0 Å². The predicted octanol–water partition coefficient (Wildman–Crippen LogP) is 4.47. The lowest BCUT2D eigenvalue weighted by Gasteiger charge is -2.12. The van der Waals surface area contributed by atoms with Gasteiger partial charge < -0.3 is 5.32 Å². The highest BCUT2D eigenvalue weighted by molar-refractivity contribution is 8.00. The molecule has 0 saturated carbocycles. The molecule has 0 heterocycles. The number of rotatable bonds is 4. The number of hydrogen-bond acceptors (Lipinski definition) is 3. The standard InChI is InChI=1S/C16H12ClFN2OS/c1-10(22-13-6-7-15(18)14(17)8-13)16(21)20-12-4-2-11(9-19)3-5-12/h2-8,10H,1H3,(H,20,21)/t10-/m0/s1. The molecular weight excluding hydrogens is 323 g/mol. The Bertz CT molecular complexity index is 728. The zero-order chi connectivity index (χ0) is 16.1. The van der Waals surface area contributed by atoms with Crippen LogP contribution in [0.4, 0.5) is 10.1 Å². The average Bonchev–Trinajstić information content (AvgIpc) is 2.51. The fourth-order valence-electron chi connectivity index (χ4n) is 1.68. The Kier molecular flexibility index (Phi) is 5.42. The summed E-state index contributed by atoms with van der Waals surface area (Å²) in [6, 6.07) is 13.0. The molecule has 0 unspecified atom stereocenters. The van der Waals surface area contributed by atoms with E-state index in [-0.39, 0.29) is 16.2 Å². The summed E-state index contributed by atoms with van der Waals surface area (Å²) in [5.74, 6) is -0.671. The van der Waals surface area contributed by atoms with Crippen LogP contribution >= 0.6 is 23.4 Å². The number of nitriles is 1. The smallest absolute Gasteiger partial charge is 0.237 e. The van der Waals surface area contributed by atoms with Crippen LogP contribution < -0.4 is 5.32 Å². The Morgan fingerprint density at radius 3 is 2.59 bits per heavy atom. The summed E-state index contributed by atoms with van der Waals surface area (Å²) in [5.41, 5.74) is 1.15. The first kappa shape index (κ1) is 16.3. The van der Waals surface area contributed by atoms with E-state index in [9.17, 15) is 9.18 Å². The number of thioether (sulfide) groups is 1. The summed E-state index contributed by atoms with van der Waals surface area (Å²) in [7, 11) is 0. The van der Waals surface area contributed by atoms with Gasteiger partial charge in [0.15, 0.2) is 0 Å². The summed E-state index contributed by atoms with van der Waals surface area (Å²) in [5, 5.41) is 11.1.